The van der Waals surface area contributed by atoms with Crippen molar-refractivity contribution >= 4 is 39.4 Å². The Bertz CT molecular complexity index is 933. The van der Waals surface area contributed by atoms with E-state index in [9.17, 15) is 0 Å². The first-order valence-corrected chi connectivity index (χ1v) is 11.4. The van der Waals surface area contributed by atoms with Crippen LogP contribution in [0.3, 0.4) is 0 Å². The Morgan fingerprint density at radius 3 is 2.85 bits per heavy atom. The number of thioether (sulfide) groups is 1. The highest BCUT2D eigenvalue weighted by Crippen LogP contribution is 2.38. The molecular weight excluding hydrogens is 358 g/mol. The first kappa shape index (κ1) is 17.9. The Balaban J connectivity index is 1.68. The van der Waals surface area contributed by atoms with Gasteiger partial charge in [-0.1, -0.05) is 22.5 Å². The third-order valence-electron chi connectivity index (χ3n) is 5.47. The van der Waals surface area contributed by atoms with E-state index in [2.05, 4.69) is 48.1 Å². The molecule has 4 rings (SSSR count). The fraction of sp³-hybridized carbons (Fsp3) is 0.409. The summed E-state index contributed by atoms with van der Waals surface area (Å²) >= 11 is 3.73. The lowest BCUT2D eigenvalue weighted by Crippen LogP contribution is -2.33. The molecule has 0 N–H and O–H groups in total. The van der Waals surface area contributed by atoms with Gasteiger partial charge in [0.2, 0.25) is 5.52 Å². The van der Waals surface area contributed by atoms with Gasteiger partial charge in [-0.25, -0.2) is 0 Å². The summed E-state index contributed by atoms with van der Waals surface area (Å²) in [6.07, 6.45) is 12.6. The van der Waals surface area contributed by atoms with Gasteiger partial charge in [0.15, 0.2) is 0 Å². The van der Waals surface area contributed by atoms with Crippen molar-refractivity contribution in [2.24, 2.45) is 0 Å². The van der Waals surface area contributed by atoms with E-state index in [1.165, 1.54) is 45.0 Å². The fourth-order valence-electron chi connectivity index (χ4n) is 4.01. The molecule has 2 aliphatic rings. The number of thiazole rings is 1. The summed E-state index contributed by atoms with van der Waals surface area (Å²) in [7, 11) is 1.79. The molecule has 0 aliphatic heterocycles. The van der Waals surface area contributed by atoms with Crippen LogP contribution < -0.4 is 4.57 Å². The molecule has 0 saturated carbocycles. The molecule has 0 bridgehead atoms. The topological polar surface area (TPSA) is 13.1 Å². The molecule has 4 heteroatoms. The summed E-state index contributed by atoms with van der Waals surface area (Å²) in [4.78, 5) is 1.34. The zero-order valence-corrected chi connectivity index (χ0v) is 17.4. The first-order valence-electron chi connectivity index (χ1n) is 9.37. The van der Waals surface area contributed by atoms with Gasteiger partial charge >= 0.3 is 0 Å². The minimum Gasteiger partial charge on any atom is -0.501 e. The maximum Gasteiger partial charge on any atom is 0.262 e. The predicted octanol–water partition coefficient (Wildman–Crippen LogP) is 6.12. The number of rotatable bonds is 4. The zero-order chi connectivity index (χ0) is 18.1. The van der Waals surface area contributed by atoms with E-state index in [0.29, 0.717) is 0 Å². The molecule has 1 heterocycles. The first-order chi connectivity index (χ1) is 12.7. The van der Waals surface area contributed by atoms with Crippen LogP contribution in [0.2, 0.25) is 0 Å². The van der Waals surface area contributed by atoms with Crippen molar-refractivity contribution in [1.82, 2.24) is 0 Å². The molecule has 0 amide bonds. The summed E-state index contributed by atoms with van der Waals surface area (Å²) < 4.78 is 9.34. The third-order valence-corrected chi connectivity index (χ3v) is 7.31. The molecule has 2 aromatic rings. The zero-order valence-electron chi connectivity index (χ0n) is 15.8. The smallest absolute Gasteiger partial charge is 0.262 e. The molecule has 0 radical (unpaired) electrons. The van der Waals surface area contributed by atoms with Crippen LogP contribution in [0.1, 0.15) is 44.0 Å². The van der Waals surface area contributed by atoms with Gasteiger partial charge in [-0.2, -0.15) is 4.57 Å². The minimum absolute atomic E-state index is 1.01. The van der Waals surface area contributed by atoms with E-state index in [-0.39, 0.29) is 0 Å². The number of aryl methyl sites for hydroxylation is 1. The number of aromatic nitrogens is 1. The van der Waals surface area contributed by atoms with Crippen LogP contribution >= 0.6 is 23.1 Å². The van der Waals surface area contributed by atoms with Crippen LogP contribution in [-0.4, -0.2) is 13.4 Å². The maximum absolute atomic E-state index is 5.50. The molecule has 136 valence electrons. The lowest BCUT2D eigenvalue weighted by molar-refractivity contribution is -0.665. The minimum atomic E-state index is 1.01. The number of nitrogens with zero attached hydrogens (tertiary/aromatic N) is 1. The van der Waals surface area contributed by atoms with Gasteiger partial charge < -0.3 is 4.74 Å². The molecule has 26 heavy (non-hydrogen) atoms. The average Bonchev–Trinajstić information content (AvgIpc) is 3.03. The highest BCUT2D eigenvalue weighted by Gasteiger charge is 2.22. The molecular formula is C22H26NOS2+. The standard InChI is InChI=1S/C22H26NOS2/c1-4-23-20-14-19(25-3)9-10-21(20)26-22(23)12-15-5-6-16-7-8-18(24-2)13-17(16)11-15/h9-10,12-14H,4-8,11H2,1-3H3/q+1. The summed E-state index contributed by atoms with van der Waals surface area (Å²) in [6.45, 7) is 3.26. The van der Waals surface area contributed by atoms with Crippen molar-refractivity contribution in [3.63, 3.8) is 0 Å². The van der Waals surface area contributed by atoms with E-state index >= 15 is 0 Å². The van der Waals surface area contributed by atoms with Gasteiger partial charge in [0.25, 0.3) is 5.01 Å². The summed E-state index contributed by atoms with van der Waals surface area (Å²) in [5.74, 6) is 1.14. The SMILES string of the molecule is CC[n+]1c(C=C2CCC3=C(C=C(OC)CC3)C2)sc2ccc(SC)cc21. The normalized spacial score (nSPS) is 19.0. The van der Waals surface area contributed by atoms with Crippen LogP contribution in [-0.2, 0) is 11.3 Å². The largest absolute Gasteiger partial charge is 0.501 e. The van der Waals surface area contributed by atoms with Gasteiger partial charge in [-0.3, -0.25) is 0 Å². The summed E-state index contributed by atoms with van der Waals surface area (Å²) in [5, 5.41) is 1.38. The second-order valence-electron chi connectivity index (χ2n) is 6.94. The van der Waals surface area contributed by atoms with Crippen molar-refractivity contribution in [2.75, 3.05) is 13.4 Å². The Hall–Kier alpha value is -1.52. The van der Waals surface area contributed by atoms with Crippen LogP contribution in [0.15, 0.2) is 51.6 Å². The quantitative estimate of drug-likeness (QED) is 0.465. The lowest BCUT2D eigenvalue weighted by atomic mass is 9.82. The van der Waals surface area contributed by atoms with Gasteiger partial charge in [-0.15, -0.1) is 11.8 Å². The number of methoxy groups -OCH3 is 1. The monoisotopic (exact) mass is 384 g/mol. The molecule has 0 unspecified atom stereocenters. The molecule has 0 spiro atoms. The number of allylic oxidation sites excluding steroid dienone is 5. The van der Waals surface area contributed by atoms with Crippen molar-refractivity contribution in [1.29, 1.82) is 0 Å². The molecule has 2 aliphatic carbocycles. The molecule has 1 aromatic heterocycles. The fourth-order valence-corrected chi connectivity index (χ4v) is 5.64. The van der Waals surface area contributed by atoms with Crippen molar-refractivity contribution in [3.05, 3.63) is 51.8 Å². The third kappa shape index (κ3) is 3.37. The van der Waals surface area contributed by atoms with Crippen LogP contribution in [0.4, 0.5) is 0 Å². The lowest BCUT2D eigenvalue weighted by Gasteiger charge is -2.25. The Labute approximate surface area is 164 Å². The number of fused-ring (bicyclic) bond motifs is 1. The molecule has 0 fully saturated rings. The second kappa shape index (κ2) is 7.61. The van der Waals surface area contributed by atoms with Gasteiger partial charge in [-0.05, 0) is 62.6 Å². The Morgan fingerprint density at radius 1 is 1.23 bits per heavy atom. The Kier molecular flexibility index (Phi) is 5.23. The molecule has 1 aromatic carbocycles. The van der Waals surface area contributed by atoms with Gasteiger partial charge in [0.05, 0.1) is 12.9 Å². The summed E-state index contributed by atoms with van der Waals surface area (Å²) in [6, 6.07) is 6.84. The molecule has 0 atom stereocenters. The van der Waals surface area contributed by atoms with E-state index in [4.69, 9.17) is 4.74 Å². The van der Waals surface area contributed by atoms with E-state index in [1.807, 2.05) is 23.1 Å². The van der Waals surface area contributed by atoms with E-state index < -0.39 is 0 Å². The van der Waals surface area contributed by atoms with Crippen molar-refractivity contribution in [3.8, 4) is 0 Å². The van der Waals surface area contributed by atoms with Crippen LogP contribution in [0.25, 0.3) is 16.3 Å². The van der Waals surface area contributed by atoms with Gasteiger partial charge in [0.1, 0.15) is 11.2 Å². The maximum atomic E-state index is 5.50. The van der Waals surface area contributed by atoms with E-state index in [1.54, 1.807) is 18.3 Å². The van der Waals surface area contributed by atoms with E-state index in [0.717, 1.165) is 25.1 Å². The number of ether oxygens (including phenoxy) is 1. The molecule has 2 nitrogen and oxygen atoms in total. The van der Waals surface area contributed by atoms with Crippen LogP contribution in [0.5, 0.6) is 0 Å². The number of benzene rings is 1. The van der Waals surface area contributed by atoms with Crippen molar-refractivity contribution in [2.45, 2.75) is 50.5 Å². The predicted molar refractivity (Wildman–Crippen MR) is 113 cm³/mol. The highest BCUT2D eigenvalue weighted by atomic mass is 32.2. The highest BCUT2D eigenvalue weighted by molar-refractivity contribution is 7.98. The summed E-state index contributed by atoms with van der Waals surface area (Å²) in [5.41, 5.74) is 6.06. The number of hydrogen-bond acceptors (Lipinski definition) is 3. The average molecular weight is 385 g/mol. The number of hydrogen-bond donors (Lipinski definition) is 0. The Morgan fingerprint density at radius 2 is 2.08 bits per heavy atom. The van der Waals surface area contributed by atoms with Gasteiger partial charge in [0, 0.05) is 23.5 Å². The second-order valence-corrected chi connectivity index (χ2v) is 8.88. The van der Waals surface area contributed by atoms with Crippen LogP contribution in [0, 0.1) is 0 Å². The molecule has 0 saturated heterocycles. The van der Waals surface area contributed by atoms with Crippen molar-refractivity contribution < 1.29 is 9.30 Å².